The summed E-state index contributed by atoms with van der Waals surface area (Å²) in [5.41, 5.74) is 2.35. The lowest BCUT2D eigenvalue weighted by molar-refractivity contribution is 0.315. The van der Waals surface area contributed by atoms with Crippen molar-refractivity contribution in [2.45, 2.75) is 39.5 Å². The van der Waals surface area contributed by atoms with Crippen LogP contribution in [0.1, 0.15) is 30.1 Å². The molecule has 0 radical (unpaired) electrons. The number of hydrogen-bond donors (Lipinski definition) is 1. The Hall–Kier alpha value is -0.940. The van der Waals surface area contributed by atoms with Crippen molar-refractivity contribution in [3.63, 3.8) is 0 Å². The molecule has 21 heavy (non-hydrogen) atoms. The second-order valence-electron chi connectivity index (χ2n) is 5.57. The van der Waals surface area contributed by atoms with Crippen molar-refractivity contribution in [2.24, 2.45) is 0 Å². The highest BCUT2D eigenvalue weighted by Gasteiger charge is 2.07. The minimum atomic E-state index is 0.489. The molecule has 0 bridgehead atoms. The summed E-state index contributed by atoms with van der Waals surface area (Å²) in [6.07, 6.45) is 0. The van der Waals surface area contributed by atoms with Crippen molar-refractivity contribution in [2.75, 3.05) is 7.05 Å². The SMILES string of the molecule is CC(C)NCc1nc(CN(C)Cc2cccc(Cl)c2)cs1. The van der Waals surface area contributed by atoms with Gasteiger partial charge in [0.05, 0.1) is 5.69 Å². The van der Waals surface area contributed by atoms with Gasteiger partial charge in [-0.25, -0.2) is 4.98 Å². The molecular weight excluding hydrogens is 302 g/mol. The fourth-order valence-electron chi connectivity index (χ4n) is 2.07. The zero-order chi connectivity index (χ0) is 15.2. The van der Waals surface area contributed by atoms with Crippen LogP contribution < -0.4 is 5.32 Å². The van der Waals surface area contributed by atoms with E-state index in [-0.39, 0.29) is 0 Å². The Morgan fingerprint density at radius 3 is 2.86 bits per heavy atom. The van der Waals surface area contributed by atoms with E-state index in [1.54, 1.807) is 11.3 Å². The Bertz CT molecular complexity index is 568. The molecule has 1 aromatic heterocycles. The van der Waals surface area contributed by atoms with Crippen molar-refractivity contribution in [3.05, 3.63) is 50.9 Å². The highest BCUT2D eigenvalue weighted by Crippen LogP contribution is 2.15. The summed E-state index contributed by atoms with van der Waals surface area (Å²) < 4.78 is 0. The molecule has 0 atom stereocenters. The molecule has 0 aliphatic rings. The van der Waals surface area contributed by atoms with Crippen LogP contribution in [-0.2, 0) is 19.6 Å². The van der Waals surface area contributed by atoms with Crippen LogP contribution >= 0.6 is 22.9 Å². The van der Waals surface area contributed by atoms with E-state index in [2.05, 4.69) is 47.5 Å². The lowest BCUT2D eigenvalue weighted by atomic mass is 10.2. The molecule has 1 heterocycles. The number of nitrogens with one attached hydrogen (secondary N) is 1. The molecule has 1 N–H and O–H groups in total. The maximum Gasteiger partial charge on any atom is 0.107 e. The number of aromatic nitrogens is 1. The summed E-state index contributed by atoms with van der Waals surface area (Å²) in [4.78, 5) is 6.92. The van der Waals surface area contributed by atoms with E-state index in [0.29, 0.717) is 6.04 Å². The van der Waals surface area contributed by atoms with Crippen molar-refractivity contribution >= 4 is 22.9 Å². The molecule has 0 aliphatic carbocycles. The Kier molecular flexibility index (Phi) is 6.18. The van der Waals surface area contributed by atoms with Crippen LogP contribution in [0.25, 0.3) is 0 Å². The van der Waals surface area contributed by atoms with Crippen LogP contribution in [0.5, 0.6) is 0 Å². The first-order valence-electron chi connectivity index (χ1n) is 7.12. The first-order chi connectivity index (χ1) is 10.0. The molecule has 0 saturated heterocycles. The normalized spacial score (nSPS) is 11.5. The van der Waals surface area contributed by atoms with Crippen LogP contribution in [0.15, 0.2) is 29.6 Å². The van der Waals surface area contributed by atoms with Gasteiger partial charge in [0.15, 0.2) is 0 Å². The van der Waals surface area contributed by atoms with E-state index in [0.717, 1.165) is 35.4 Å². The smallest absolute Gasteiger partial charge is 0.107 e. The average Bonchev–Trinajstić information content (AvgIpc) is 2.83. The van der Waals surface area contributed by atoms with Gasteiger partial charge in [-0.2, -0.15) is 0 Å². The number of benzene rings is 1. The third-order valence-electron chi connectivity index (χ3n) is 3.03. The van der Waals surface area contributed by atoms with Crippen molar-refractivity contribution in [1.29, 1.82) is 0 Å². The molecule has 114 valence electrons. The van der Waals surface area contributed by atoms with Gasteiger partial charge in [-0.3, -0.25) is 4.90 Å². The molecular formula is C16H22ClN3S. The van der Waals surface area contributed by atoms with Gasteiger partial charge in [0, 0.05) is 36.1 Å². The topological polar surface area (TPSA) is 28.2 Å². The lowest BCUT2D eigenvalue weighted by Gasteiger charge is -2.15. The summed E-state index contributed by atoms with van der Waals surface area (Å²) in [5, 5.41) is 7.48. The number of thiazole rings is 1. The highest BCUT2D eigenvalue weighted by atomic mass is 35.5. The predicted octanol–water partition coefficient (Wildman–Crippen LogP) is 3.93. The lowest BCUT2D eigenvalue weighted by Crippen LogP contribution is -2.22. The molecule has 2 rings (SSSR count). The number of hydrogen-bond acceptors (Lipinski definition) is 4. The first-order valence-corrected chi connectivity index (χ1v) is 8.38. The minimum absolute atomic E-state index is 0.489. The fraction of sp³-hybridized carbons (Fsp3) is 0.438. The van der Waals surface area contributed by atoms with Gasteiger partial charge in [0.25, 0.3) is 0 Å². The van der Waals surface area contributed by atoms with Crippen LogP contribution in [0.4, 0.5) is 0 Å². The molecule has 0 fully saturated rings. The van der Waals surface area contributed by atoms with Crippen molar-refractivity contribution in [3.8, 4) is 0 Å². The molecule has 5 heteroatoms. The second-order valence-corrected chi connectivity index (χ2v) is 6.95. The molecule has 0 amide bonds. The van der Waals surface area contributed by atoms with E-state index in [1.165, 1.54) is 5.56 Å². The van der Waals surface area contributed by atoms with E-state index in [4.69, 9.17) is 11.6 Å². The largest absolute Gasteiger partial charge is 0.308 e. The molecule has 0 spiro atoms. The first kappa shape index (κ1) is 16.4. The zero-order valence-corrected chi connectivity index (χ0v) is 14.3. The van der Waals surface area contributed by atoms with Crippen LogP contribution in [-0.4, -0.2) is 23.0 Å². The Balaban J connectivity index is 1.86. The van der Waals surface area contributed by atoms with Gasteiger partial charge in [0.1, 0.15) is 5.01 Å². The van der Waals surface area contributed by atoms with Gasteiger partial charge in [-0.05, 0) is 24.7 Å². The quantitative estimate of drug-likeness (QED) is 0.837. The summed E-state index contributed by atoms with van der Waals surface area (Å²) in [6, 6.07) is 8.49. The standard InChI is InChI=1S/C16H22ClN3S/c1-12(2)18-8-16-19-15(11-21-16)10-20(3)9-13-5-4-6-14(17)7-13/h4-7,11-12,18H,8-10H2,1-3H3. The molecule has 2 aromatic rings. The maximum absolute atomic E-state index is 6.02. The summed E-state index contributed by atoms with van der Waals surface area (Å²) in [6.45, 7) is 6.86. The molecule has 3 nitrogen and oxygen atoms in total. The molecule has 0 aliphatic heterocycles. The third-order valence-corrected chi connectivity index (χ3v) is 4.17. The summed E-state index contributed by atoms with van der Waals surface area (Å²) in [7, 11) is 2.10. The van der Waals surface area contributed by atoms with Gasteiger partial charge < -0.3 is 5.32 Å². The van der Waals surface area contributed by atoms with Crippen LogP contribution in [0.2, 0.25) is 5.02 Å². The average molecular weight is 324 g/mol. The van der Waals surface area contributed by atoms with Gasteiger partial charge in [-0.1, -0.05) is 37.6 Å². The Labute approximate surface area is 136 Å². The molecule has 0 unspecified atom stereocenters. The van der Waals surface area contributed by atoms with Gasteiger partial charge >= 0.3 is 0 Å². The number of rotatable bonds is 7. The van der Waals surface area contributed by atoms with Gasteiger partial charge in [0.2, 0.25) is 0 Å². The number of halogens is 1. The predicted molar refractivity (Wildman–Crippen MR) is 90.7 cm³/mol. The monoisotopic (exact) mass is 323 g/mol. The van der Waals surface area contributed by atoms with E-state index in [1.807, 2.05) is 18.2 Å². The number of nitrogens with zero attached hydrogens (tertiary/aromatic N) is 2. The summed E-state index contributed by atoms with van der Waals surface area (Å²) in [5.74, 6) is 0. The third kappa shape index (κ3) is 5.75. The molecule has 0 saturated carbocycles. The highest BCUT2D eigenvalue weighted by molar-refractivity contribution is 7.09. The Morgan fingerprint density at radius 2 is 2.14 bits per heavy atom. The summed E-state index contributed by atoms with van der Waals surface area (Å²) >= 11 is 7.74. The van der Waals surface area contributed by atoms with Crippen molar-refractivity contribution < 1.29 is 0 Å². The van der Waals surface area contributed by atoms with E-state index >= 15 is 0 Å². The molecule has 1 aromatic carbocycles. The second kappa shape index (κ2) is 7.90. The van der Waals surface area contributed by atoms with Crippen LogP contribution in [0.3, 0.4) is 0 Å². The maximum atomic E-state index is 6.02. The van der Waals surface area contributed by atoms with E-state index < -0.39 is 0 Å². The Morgan fingerprint density at radius 1 is 1.33 bits per heavy atom. The zero-order valence-electron chi connectivity index (χ0n) is 12.8. The van der Waals surface area contributed by atoms with Gasteiger partial charge in [-0.15, -0.1) is 11.3 Å². The minimum Gasteiger partial charge on any atom is -0.308 e. The van der Waals surface area contributed by atoms with Crippen LogP contribution in [0, 0.1) is 0 Å². The van der Waals surface area contributed by atoms with Crippen molar-refractivity contribution in [1.82, 2.24) is 15.2 Å². The fourth-order valence-corrected chi connectivity index (χ4v) is 3.02. The van der Waals surface area contributed by atoms with E-state index in [9.17, 15) is 0 Å².